The molecule has 0 radical (unpaired) electrons. The summed E-state index contributed by atoms with van der Waals surface area (Å²) in [6.45, 7) is 19.2. The largest absolute Gasteiger partial charge is 0.458 e. The minimum absolute atomic E-state index is 0.117. The first-order chi connectivity index (χ1) is 26.1. The minimum atomic E-state index is -2.18. The van der Waals surface area contributed by atoms with Gasteiger partial charge >= 0.3 is 5.97 Å². The second kappa shape index (κ2) is 20.6. The molecule has 1 spiro atoms. The molecule has 11 heteroatoms. The number of rotatable bonds is 3. The molecule has 0 amide bonds. The molecule has 0 aromatic heterocycles. The maximum atomic E-state index is 13.6. The lowest BCUT2D eigenvalue weighted by molar-refractivity contribution is -0.372. The van der Waals surface area contributed by atoms with Gasteiger partial charge in [0, 0.05) is 48.0 Å². The Morgan fingerprint density at radius 3 is 2.11 bits per heavy atom. The Balaban J connectivity index is 1.99. The Hall–Kier alpha value is -2.25. The average Bonchev–Trinajstić information content (AvgIpc) is 3.16. The second-order valence-corrected chi connectivity index (χ2v) is 18.0. The highest BCUT2D eigenvalue weighted by molar-refractivity contribution is 5.91. The van der Waals surface area contributed by atoms with Crippen LogP contribution < -0.4 is 0 Å². The predicted octanol–water partition coefficient (Wildman–Crippen LogP) is 5.88. The van der Waals surface area contributed by atoms with E-state index in [1.807, 2.05) is 25.2 Å². The van der Waals surface area contributed by atoms with E-state index in [1.165, 1.54) is 39.8 Å². The van der Waals surface area contributed by atoms with Crippen molar-refractivity contribution in [3.63, 3.8) is 0 Å². The van der Waals surface area contributed by atoms with Gasteiger partial charge in [0.25, 0.3) is 0 Å². The summed E-state index contributed by atoms with van der Waals surface area (Å²) in [5.41, 5.74) is -2.18. The number of carbonyl (C=O) groups excluding carboxylic acids is 3. The van der Waals surface area contributed by atoms with Crippen LogP contribution in [0.5, 0.6) is 0 Å². The van der Waals surface area contributed by atoms with Gasteiger partial charge in [0.1, 0.15) is 17.5 Å². The van der Waals surface area contributed by atoms with Gasteiger partial charge in [0.15, 0.2) is 11.6 Å². The molecular weight excluding hydrogens is 716 g/mol. The summed E-state index contributed by atoms with van der Waals surface area (Å²) in [6.07, 6.45) is 9.37. The lowest BCUT2D eigenvalue weighted by Crippen LogP contribution is -2.62. The Kier molecular flexibility index (Phi) is 17.7. The molecule has 0 aliphatic carbocycles. The molecule has 0 unspecified atom stereocenters. The molecule has 2 saturated heterocycles. The molecule has 2 bridgehead atoms. The maximum Gasteiger partial charge on any atom is 0.330 e. The normalized spacial score (nSPS) is 46.8. The van der Waals surface area contributed by atoms with E-state index in [9.17, 15) is 39.9 Å². The topological polar surface area (TPSA) is 180 Å². The first kappa shape index (κ1) is 48.1. The molecule has 18 atom stereocenters. The van der Waals surface area contributed by atoms with Gasteiger partial charge in [0.05, 0.1) is 36.6 Å². The standard InChI is InChI=1S/C45H74O11/c1-12-34-35-20-18-25(2)16-14-13-15-17-28(5)42(51)44(11,53)43(52)32(9)40(50)31(8)39(49)30(7)38(48)27(4)19-21-37(47)54-41(34)33(10)45(55-35)23-22-26(3)36(56-45)24-29(6)46/h13-16,19,21,25-36,38,40-42,46,48,50-51,53H,12,17-18,20,22-24H2,1-11H3/b15-13+,16-14+,21-19+/t25-,26-,27-,28+,29+,30-,31-,32-,33-,34+,35-,36-,38+,40+,41-,42-,44+,45-/m0/s1. The lowest BCUT2D eigenvalue weighted by atomic mass is 9.73. The fraction of sp³-hybridized carbons (Fsp3) is 0.800. The summed E-state index contributed by atoms with van der Waals surface area (Å²) in [7, 11) is 0. The Morgan fingerprint density at radius 2 is 1.48 bits per heavy atom. The van der Waals surface area contributed by atoms with Crippen molar-refractivity contribution in [3.8, 4) is 0 Å². The SMILES string of the molecule is CC[C@H]1[C@H]2OC(=O)/C=C/[C@H](C)[C@@H](O)[C@H](C)C(=O)[C@H](C)[C@@H](O)[C@H](C)C(=O)[C@](C)(O)[C@@H](O)[C@H](C)C/C=C/C=C/[C@H](C)CC[C@@H]1O[C@]1(CC[C@H](C)[C@H](C[C@@H](C)O)O1)[C@H]2C. The summed E-state index contributed by atoms with van der Waals surface area (Å²) in [5.74, 6) is -7.27. The molecule has 11 nitrogen and oxygen atoms in total. The van der Waals surface area contributed by atoms with Gasteiger partial charge in [-0.3, -0.25) is 9.59 Å². The van der Waals surface area contributed by atoms with Crippen molar-refractivity contribution >= 4 is 17.5 Å². The van der Waals surface area contributed by atoms with Crippen molar-refractivity contribution in [1.29, 1.82) is 0 Å². The van der Waals surface area contributed by atoms with Crippen molar-refractivity contribution < 1.29 is 54.1 Å². The number of aliphatic hydroxyl groups is 5. The molecule has 0 saturated carbocycles. The first-order valence-electron chi connectivity index (χ1n) is 21.2. The molecule has 3 heterocycles. The third-order valence-corrected chi connectivity index (χ3v) is 13.3. The van der Waals surface area contributed by atoms with Crippen LogP contribution in [0.2, 0.25) is 0 Å². The molecule has 320 valence electrons. The van der Waals surface area contributed by atoms with E-state index in [4.69, 9.17) is 14.2 Å². The number of Topliss-reactive ketones (excluding diaryl/α,β-unsaturated/α-hetero) is 2. The number of hydrogen-bond acceptors (Lipinski definition) is 11. The van der Waals surface area contributed by atoms with Crippen LogP contribution in [0, 0.1) is 53.3 Å². The third-order valence-electron chi connectivity index (χ3n) is 13.3. The van der Waals surface area contributed by atoms with E-state index >= 15 is 0 Å². The Labute approximate surface area is 336 Å². The minimum Gasteiger partial charge on any atom is -0.458 e. The molecule has 3 aliphatic heterocycles. The molecule has 5 N–H and O–H groups in total. The lowest BCUT2D eigenvalue weighted by Gasteiger charge is -2.55. The molecular formula is C45H74O11. The summed E-state index contributed by atoms with van der Waals surface area (Å²) in [4.78, 5) is 40.6. The fourth-order valence-electron chi connectivity index (χ4n) is 9.08. The predicted molar refractivity (Wildman–Crippen MR) is 215 cm³/mol. The van der Waals surface area contributed by atoms with Gasteiger partial charge in [-0.2, -0.15) is 0 Å². The quantitative estimate of drug-likeness (QED) is 0.216. The molecule has 0 aromatic rings. The molecule has 2 fully saturated rings. The van der Waals surface area contributed by atoms with Crippen molar-refractivity contribution in [3.05, 3.63) is 36.5 Å². The number of ether oxygens (including phenoxy) is 3. The van der Waals surface area contributed by atoms with E-state index in [1.54, 1.807) is 20.8 Å². The highest BCUT2D eigenvalue weighted by atomic mass is 16.7. The van der Waals surface area contributed by atoms with Gasteiger partial charge in [-0.25, -0.2) is 4.79 Å². The van der Waals surface area contributed by atoms with Gasteiger partial charge in [-0.05, 0) is 70.1 Å². The van der Waals surface area contributed by atoms with Crippen LogP contribution in [0.1, 0.15) is 121 Å². The maximum absolute atomic E-state index is 13.6. The van der Waals surface area contributed by atoms with Crippen LogP contribution in [0.4, 0.5) is 0 Å². The van der Waals surface area contributed by atoms with E-state index in [2.05, 4.69) is 26.8 Å². The number of fused-ring (bicyclic) bond motifs is 2. The molecule has 0 aromatic carbocycles. The van der Waals surface area contributed by atoms with Crippen LogP contribution in [0.25, 0.3) is 0 Å². The number of carbonyl (C=O) groups is 3. The van der Waals surface area contributed by atoms with Crippen LogP contribution in [-0.2, 0) is 28.6 Å². The van der Waals surface area contributed by atoms with Crippen LogP contribution in [0.15, 0.2) is 36.5 Å². The second-order valence-electron chi connectivity index (χ2n) is 18.0. The number of aliphatic hydroxyl groups excluding tert-OH is 4. The zero-order chi connectivity index (χ0) is 42.3. The summed E-state index contributed by atoms with van der Waals surface area (Å²) < 4.78 is 20.1. The number of allylic oxidation sites excluding steroid dienone is 4. The van der Waals surface area contributed by atoms with Crippen LogP contribution in [0.3, 0.4) is 0 Å². The highest BCUT2D eigenvalue weighted by Crippen LogP contribution is 2.49. The van der Waals surface area contributed by atoms with Crippen LogP contribution in [-0.4, -0.2) is 97.2 Å². The van der Waals surface area contributed by atoms with E-state index in [0.717, 1.165) is 12.8 Å². The summed E-state index contributed by atoms with van der Waals surface area (Å²) in [5, 5.41) is 55.0. The summed E-state index contributed by atoms with van der Waals surface area (Å²) >= 11 is 0. The monoisotopic (exact) mass is 791 g/mol. The van der Waals surface area contributed by atoms with Crippen molar-refractivity contribution in [2.75, 3.05) is 0 Å². The smallest absolute Gasteiger partial charge is 0.330 e. The molecule has 3 rings (SSSR count). The Bertz CT molecular complexity index is 1390. The van der Waals surface area contributed by atoms with E-state index in [-0.39, 0.29) is 35.9 Å². The van der Waals surface area contributed by atoms with Gasteiger partial charge in [-0.15, -0.1) is 0 Å². The fourth-order valence-corrected chi connectivity index (χ4v) is 9.08. The highest BCUT2D eigenvalue weighted by Gasteiger charge is 2.57. The first-order valence-corrected chi connectivity index (χ1v) is 21.2. The zero-order valence-electron chi connectivity index (χ0n) is 35.8. The zero-order valence-corrected chi connectivity index (χ0v) is 35.8. The van der Waals surface area contributed by atoms with Crippen LogP contribution >= 0.6 is 0 Å². The van der Waals surface area contributed by atoms with Crippen molar-refractivity contribution in [2.45, 2.75) is 175 Å². The number of esters is 1. The summed E-state index contributed by atoms with van der Waals surface area (Å²) in [6, 6.07) is 0. The van der Waals surface area contributed by atoms with E-state index in [0.29, 0.717) is 32.1 Å². The van der Waals surface area contributed by atoms with Gasteiger partial charge in [-0.1, -0.05) is 92.7 Å². The molecule has 56 heavy (non-hydrogen) atoms. The number of ketones is 2. The number of hydrogen-bond donors (Lipinski definition) is 5. The average molecular weight is 791 g/mol. The van der Waals surface area contributed by atoms with Crippen molar-refractivity contribution in [1.82, 2.24) is 0 Å². The van der Waals surface area contributed by atoms with E-state index < -0.39 is 89.0 Å². The third kappa shape index (κ3) is 11.5. The van der Waals surface area contributed by atoms with Gasteiger partial charge in [0.2, 0.25) is 0 Å². The Morgan fingerprint density at radius 1 is 0.839 bits per heavy atom. The van der Waals surface area contributed by atoms with Gasteiger partial charge < -0.3 is 39.7 Å². The molecule has 3 aliphatic rings. The van der Waals surface area contributed by atoms with Crippen molar-refractivity contribution in [2.24, 2.45) is 53.3 Å².